The molecule has 5 nitrogen and oxygen atoms in total. The highest BCUT2D eigenvalue weighted by molar-refractivity contribution is 9.10. The van der Waals surface area contributed by atoms with Crippen molar-refractivity contribution in [3.63, 3.8) is 0 Å². The number of halogens is 2. The van der Waals surface area contributed by atoms with Crippen LogP contribution in [0.5, 0.6) is 0 Å². The number of hydrogen-bond donors (Lipinski definition) is 1. The van der Waals surface area contributed by atoms with Crippen molar-refractivity contribution in [3.05, 3.63) is 57.5 Å². The average molecular weight is 481 g/mol. The Labute approximate surface area is 166 Å². The van der Waals surface area contributed by atoms with Crippen molar-refractivity contribution in [2.75, 3.05) is 4.90 Å². The van der Waals surface area contributed by atoms with E-state index in [0.29, 0.717) is 11.4 Å². The lowest BCUT2D eigenvalue weighted by atomic mass is 10.1. The fourth-order valence-electron chi connectivity index (χ4n) is 2.24. The molecule has 0 aliphatic carbocycles. The van der Waals surface area contributed by atoms with Gasteiger partial charge in [0.1, 0.15) is 0 Å². The standard InChI is InChI=1S/C17H11Br2N3O2S/c18-10-1-5-12(6-2-10)20-9-14-15(23)21-17(25)22(16(14)24)13-7-3-11(19)4-8-13/h1-9,14H,(H,21,23,25)/t14-/m1/s1. The number of carbonyl (C=O) groups is 2. The van der Waals surface area contributed by atoms with Crippen LogP contribution in [-0.2, 0) is 9.59 Å². The van der Waals surface area contributed by atoms with Crippen LogP contribution in [0.4, 0.5) is 11.4 Å². The maximum Gasteiger partial charge on any atom is 0.251 e. The molecule has 0 saturated carbocycles. The highest BCUT2D eigenvalue weighted by Gasteiger charge is 2.38. The van der Waals surface area contributed by atoms with Crippen LogP contribution in [0, 0.1) is 5.92 Å². The van der Waals surface area contributed by atoms with Gasteiger partial charge in [-0.3, -0.25) is 19.5 Å². The molecule has 0 bridgehead atoms. The predicted octanol–water partition coefficient (Wildman–Crippen LogP) is 3.98. The molecule has 1 N–H and O–H groups in total. The molecular weight excluding hydrogens is 470 g/mol. The number of rotatable bonds is 3. The van der Waals surface area contributed by atoms with Crippen LogP contribution < -0.4 is 10.2 Å². The van der Waals surface area contributed by atoms with Crippen LogP contribution in [-0.4, -0.2) is 23.1 Å². The number of thiocarbonyl (C=S) groups is 1. The first kappa shape index (κ1) is 17.9. The molecule has 0 spiro atoms. The summed E-state index contributed by atoms with van der Waals surface area (Å²) >= 11 is 11.8. The van der Waals surface area contributed by atoms with Gasteiger partial charge in [-0.1, -0.05) is 31.9 Å². The molecule has 0 unspecified atom stereocenters. The van der Waals surface area contributed by atoms with Crippen molar-refractivity contribution in [1.82, 2.24) is 5.32 Å². The van der Waals surface area contributed by atoms with Gasteiger partial charge in [-0.05, 0) is 60.7 Å². The second-order valence-electron chi connectivity index (χ2n) is 5.18. The normalized spacial score (nSPS) is 17.9. The lowest BCUT2D eigenvalue weighted by Crippen LogP contribution is -2.58. The fraction of sp³-hybridized carbons (Fsp3) is 0.0588. The zero-order valence-corrected chi connectivity index (χ0v) is 16.6. The highest BCUT2D eigenvalue weighted by Crippen LogP contribution is 2.23. The van der Waals surface area contributed by atoms with Crippen LogP contribution >= 0.6 is 44.1 Å². The molecule has 25 heavy (non-hydrogen) atoms. The lowest BCUT2D eigenvalue weighted by Gasteiger charge is -2.30. The summed E-state index contributed by atoms with van der Waals surface area (Å²) in [6.07, 6.45) is 1.34. The number of nitrogens with zero attached hydrogens (tertiary/aromatic N) is 2. The largest absolute Gasteiger partial charge is 0.301 e. The van der Waals surface area contributed by atoms with E-state index in [0.717, 1.165) is 8.95 Å². The number of carbonyl (C=O) groups excluding carboxylic acids is 2. The Morgan fingerprint density at radius 1 is 1.00 bits per heavy atom. The van der Waals surface area contributed by atoms with E-state index in [1.807, 2.05) is 12.1 Å². The van der Waals surface area contributed by atoms with Crippen LogP contribution in [0.3, 0.4) is 0 Å². The summed E-state index contributed by atoms with van der Waals surface area (Å²) in [5, 5.41) is 2.62. The fourth-order valence-corrected chi connectivity index (χ4v) is 3.07. The molecule has 3 rings (SSSR count). The van der Waals surface area contributed by atoms with E-state index >= 15 is 0 Å². The minimum absolute atomic E-state index is 0.0608. The number of hydrogen-bond acceptors (Lipinski definition) is 4. The number of amides is 2. The Balaban J connectivity index is 1.87. The molecule has 126 valence electrons. The average Bonchev–Trinajstić information content (AvgIpc) is 2.57. The maximum atomic E-state index is 12.8. The first-order chi connectivity index (χ1) is 12.0. The van der Waals surface area contributed by atoms with Gasteiger partial charge >= 0.3 is 0 Å². The highest BCUT2D eigenvalue weighted by atomic mass is 79.9. The third-order valence-electron chi connectivity index (χ3n) is 3.49. The molecule has 1 heterocycles. The third kappa shape index (κ3) is 4.02. The van der Waals surface area contributed by atoms with E-state index < -0.39 is 17.7 Å². The zero-order chi connectivity index (χ0) is 18.0. The van der Waals surface area contributed by atoms with Crippen LogP contribution in [0.2, 0.25) is 0 Å². The molecule has 8 heteroatoms. The summed E-state index contributed by atoms with van der Waals surface area (Å²) in [7, 11) is 0. The van der Waals surface area contributed by atoms with Gasteiger partial charge in [0, 0.05) is 15.2 Å². The minimum atomic E-state index is -1.04. The van der Waals surface area contributed by atoms with Gasteiger partial charge < -0.3 is 5.32 Å². The van der Waals surface area contributed by atoms with Crippen molar-refractivity contribution in [1.29, 1.82) is 0 Å². The van der Waals surface area contributed by atoms with Crippen LogP contribution in [0.1, 0.15) is 0 Å². The molecule has 1 atom stereocenters. The van der Waals surface area contributed by atoms with E-state index in [-0.39, 0.29) is 5.11 Å². The van der Waals surface area contributed by atoms with Gasteiger partial charge in [0.05, 0.1) is 11.4 Å². The molecule has 1 aliphatic rings. The SMILES string of the molecule is O=C1NC(=S)N(c2ccc(Br)cc2)C(=O)[C@@H]1C=Nc1ccc(Br)cc1. The smallest absolute Gasteiger partial charge is 0.251 e. The molecule has 1 saturated heterocycles. The molecule has 0 aromatic heterocycles. The second kappa shape index (κ2) is 7.55. The summed E-state index contributed by atoms with van der Waals surface area (Å²) in [4.78, 5) is 30.5. The topological polar surface area (TPSA) is 61.8 Å². The Bertz CT molecular complexity index is 866. The maximum absolute atomic E-state index is 12.8. The molecule has 2 aromatic carbocycles. The molecule has 1 aliphatic heterocycles. The van der Waals surface area contributed by atoms with Gasteiger partial charge in [0.25, 0.3) is 5.91 Å². The summed E-state index contributed by atoms with van der Waals surface area (Å²) in [5.41, 5.74) is 1.23. The van der Waals surface area contributed by atoms with Crippen molar-refractivity contribution in [2.45, 2.75) is 0 Å². The summed E-state index contributed by atoms with van der Waals surface area (Å²) in [6, 6.07) is 14.3. The number of nitrogens with one attached hydrogen (secondary N) is 1. The lowest BCUT2D eigenvalue weighted by molar-refractivity contribution is -0.130. The monoisotopic (exact) mass is 479 g/mol. The van der Waals surface area contributed by atoms with Gasteiger partial charge in [-0.25, -0.2) is 0 Å². The van der Waals surface area contributed by atoms with Crippen molar-refractivity contribution >= 4 is 78.6 Å². The Kier molecular flexibility index (Phi) is 5.41. The van der Waals surface area contributed by atoms with Crippen LogP contribution in [0.15, 0.2) is 62.5 Å². The molecule has 2 amide bonds. The second-order valence-corrected chi connectivity index (χ2v) is 7.39. The minimum Gasteiger partial charge on any atom is -0.301 e. The molecule has 2 aromatic rings. The van der Waals surface area contributed by atoms with Gasteiger partial charge in [0.15, 0.2) is 11.0 Å². The van der Waals surface area contributed by atoms with Crippen LogP contribution in [0.25, 0.3) is 0 Å². The Morgan fingerprint density at radius 2 is 1.56 bits per heavy atom. The van der Waals surface area contributed by atoms with E-state index in [9.17, 15) is 9.59 Å². The van der Waals surface area contributed by atoms with Crippen molar-refractivity contribution in [2.24, 2.45) is 10.9 Å². The van der Waals surface area contributed by atoms with Crippen molar-refractivity contribution < 1.29 is 9.59 Å². The van der Waals surface area contributed by atoms with E-state index in [4.69, 9.17) is 12.2 Å². The van der Waals surface area contributed by atoms with Gasteiger partial charge in [-0.15, -0.1) is 0 Å². The van der Waals surface area contributed by atoms with E-state index in [2.05, 4.69) is 42.2 Å². The van der Waals surface area contributed by atoms with E-state index in [1.165, 1.54) is 11.1 Å². The quantitative estimate of drug-likeness (QED) is 0.410. The third-order valence-corrected chi connectivity index (χ3v) is 4.83. The molecule has 1 fully saturated rings. The van der Waals surface area contributed by atoms with Gasteiger partial charge in [-0.2, -0.15) is 0 Å². The number of anilines is 1. The van der Waals surface area contributed by atoms with E-state index in [1.54, 1.807) is 36.4 Å². The van der Waals surface area contributed by atoms with Crippen molar-refractivity contribution in [3.8, 4) is 0 Å². The summed E-state index contributed by atoms with van der Waals surface area (Å²) in [6.45, 7) is 0. The number of aliphatic imine (C=N–C) groups is 1. The first-order valence-corrected chi connectivity index (χ1v) is 9.19. The zero-order valence-electron chi connectivity index (χ0n) is 12.6. The number of benzene rings is 2. The van der Waals surface area contributed by atoms with Gasteiger partial charge in [0.2, 0.25) is 5.91 Å². The predicted molar refractivity (Wildman–Crippen MR) is 108 cm³/mol. The first-order valence-electron chi connectivity index (χ1n) is 7.20. The summed E-state index contributed by atoms with van der Waals surface area (Å²) < 4.78 is 1.80. The summed E-state index contributed by atoms with van der Waals surface area (Å²) in [5.74, 6) is -1.96. The molecular formula is C17H11Br2N3O2S. The molecule has 0 radical (unpaired) electrons. The Morgan fingerprint density at radius 3 is 2.16 bits per heavy atom. The Hall–Kier alpha value is -1.90.